The van der Waals surface area contributed by atoms with Crippen molar-refractivity contribution in [3.05, 3.63) is 59.4 Å². The number of anilines is 1. The number of nitrogens with two attached hydrogens (primary N) is 1. The monoisotopic (exact) mass is 438 g/mol. The second-order valence-corrected chi connectivity index (χ2v) is 7.40. The van der Waals surface area contributed by atoms with Crippen LogP contribution in [0.2, 0.25) is 0 Å². The Balaban J connectivity index is 2.00. The molecule has 3 N–H and O–H groups in total. The Morgan fingerprint density at radius 3 is 2.65 bits per heavy atom. The van der Waals surface area contributed by atoms with Gasteiger partial charge in [0.05, 0.1) is 12.8 Å². The minimum atomic E-state index is -3.44. The predicted octanol–water partition coefficient (Wildman–Crippen LogP) is 4.37. The first-order chi connectivity index (χ1) is 14.6. The van der Waals surface area contributed by atoms with Crippen LogP contribution in [-0.2, 0) is 10.3 Å². The second kappa shape index (κ2) is 8.91. The van der Waals surface area contributed by atoms with Gasteiger partial charge in [-0.1, -0.05) is 0 Å². The summed E-state index contributed by atoms with van der Waals surface area (Å²) in [4.78, 5) is 19.8. The van der Waals surface area contributed by atoms with E-state index in [0.717, 1.165) is 37.4 Å². The lowest BCUT2D eigenvalue weighted by molar-refractivity contribution is -0.0808. The highest BCUT2D eigenvalue weighted by molar-refractivity contribution is 6.02. The van der Waals surface area contributed by atoms with Crippen molar-refractivity contribution in [2.45, 2.75) is 44.1 Å². The number of amidine groups is 1. The van der Waals surface area contributed by atoms with Crippen molar-refractivity contribution in [1.29, 1.82) is 0 Å². The topological polar surface area (TPSA) is 89.6 Å². The van der Waals surface area contributed by atoms with Crippen LogP contribution in [0.25, 0.3) is 0 Å². The molecule has 0 bridgehead atoms. The average Bonchev–Trinajstić information content (AvgIpc) is 2.71. The third kappa shape index (κ3) is 4.95. The Hall–Kier alpha value is -3.17. The molecular formula is C21H22F4N4O2. The first kappa shape index (κ1) is 22.5. The Labute approximate surface area is 176 Å². The molecule has 1 unspecified atom stereocenters. The lowest BCUT2D eigenvalue weighted by atomic mass is 9.82. The van der Waals surface area contributed by atoms with Crippen molar-refractivity contribution in [3.8, 4) is 0 Å². The molecule has 0 fully saturated rings. The van der Waals surface area contributed by atoms with Crippen molar-refractivity contribution in [3.63, 3.8) is 0 Å². The zero-order valence-electron chi connectivity index (χ0n) is 16.8. The first-order valence-electron chi connectivity index (χ1n) is 9.71. The van der Waals surface area contributed by atoms with Gasteiger partial charge in [-0.05, 0) is 56.5 Å². The number of aliphatic imine (C=N–C) groups is 1. The van der Waals surface area contributed by atoms with E-state index in [1.54, 1.807) is 0 Å². The molecule has 3 rings (SSSR count). The normalized spacial score (nSPS) is 21.5. The van der Waals surface area contributed by atoms with Gasteiger partial charge in [0.1, 0.15) is 17.3 Å². The molecule has 2 aromatic rings. The number of nitrogens with one attached hydrogen (secondary N) is 1. The van der Waals surface area contributed by atoms with Gasteiger partial charge in [-0.3, -0.25) is 4.79 Å². The van der Waals surface area contributed by atoms with Gasteiger partial charge in [-0.25, -0.2) is 27.5 Å². The molecular weight excluding hydrogens is 416 g/mol. The van der Waals surface area contributed by atoms with Crippen molar-refractivity contribution < 1.29 is 27.1 Å². The molecule has 0 spiro atoms. The SMILES string of the molecule is CC1(c2cc(NC(=O)c3ccc(F)cn3)ccc2F)N=C(N)OCCCCCC1(F)F. The molecule has 0 saturated heterocycles. The van der Waals surface area contributed by atoms with Gasteiger partial charge in [0, 0.05) is 17.7 Å². The highest BCUT2D eigenvalue weighted by Gasteiger charge is 2.53. The molecule has 0 radical (unpaired) electrons. The molecule has 1 aromatic carbocycles. The van der Waals surface area contributed by atoms with Crippen LogP contribution in [0.5, 0.6) is 0 Å². The summed E-state index contributed by atoms with van der Waals surface area (Å²) in [6.07, 6.45) is 1.61. The molecule has 1 aromatic heterocycles. The van der Waals surface area contributed by atoms with Crippen LogP contribution >= 0.6 is 0 Å². The number of carbonyl (C=O) groups excluding carboxylic acids is 1. The number of carbonyl (C=O) groups is 1. The van der Waals surface area contributed by atoms with Crippen LogP contribution in [0.3, 0.4) is 0 Å². The van der Waals surface area contributed by atoms with Crippen molar-refractivity contribution in [2.75, 3.05) is 11.9 Å². The van der Waals surface area contributed by atoms with E-state index in [2.05, 4.69) is 15.3 Å². The van der Waals surface area contributed by atoms with Crippen molar-refractivity contribution >= 4 is 17.6 Å². The van der Waals surface area contributed by atoms with E-state index in [1.165, 1.54) is 6.07 Å². The summed E-state index contributed by atoms with van der Waals surface area (Å²) in [5.41, 5.74) is 2.80. The molecule has 0 saturated carbocycles. The number of ether oxygens (including phenoxy) is 1. The molecule has 2 heterocycles. The van der Waals surface area contributed by atoms with Crippen LogP contribution in [0.15, 0.2) is 41.5 Å². The molecule has 1 atom stereocenters. The zero-order valence-corrected chi connectivity index (χ0v) is 16.8. The highest BCUT2D eigenvalue weighted by atomic mass is 19.3. The summed E-state index contributed by atoms with van der Waals surface area (Å²) in [7, 11) is 0. The Morgan fingerprint density at radius 1 is 1.16 bits per heavy atom. The summed E-state index contributed by atoms with van der Waals surface area (Å²) < 4.78 is 63.4. The van der Waals surface area contributed by atoms with E-state index in [9.17, 15) is 13.6 Å². The molecule has 1 aliphatic rings. The Morgan fingerprint density at radius 2 is 1.94 bits per heavy atom. The fourth-order valence-electron chi connectivity index (χ4n) is 3.32. The molecule has 1 amide bonds. The lowest BCUT2D eigenvalue weighted by Gasteiger charge is -2.35. The van der Waals surface area contributed by atoms with Crippen LogP contribution in [-0.4, -0.2) is 29.4 Å². The van der Waals surface area contributed by atoms with Gasteiger partial charge in [-0.2, -0.15) is 0 Å². The number of aromatic nitrogens is 1. The smallest absolute Gasteiger partial charge is 0.283 e. The maximum Gasteiger partial charge on any atom is 0.283 e. The quantitative estimate of drug-likeness (QED) is 0.697. The summed E-state index contributed by atoms with van der Waals surface area (Å²) in [6, 6.07) is 4.99. The van der Waals surface area contributed by atoms with E-state index >= 15 is 8.78 Å². The van der Waals surface area contributed by atoms with Gasteiger partial charge < -0.3 is 15.8 Å². The van der Waals surface area contributed by atoms with E-state index in [1.807, 2.05) is 0 Å². The molecule has 0 aliphatic carbocycles. The number of benzene rings is 1. The third-order valence-electron chi connectivity index (χ3n) is 5.14. The zero-order chi connectivity index (χ0) is 22.6. The second-order valence-electron chi connectivity index (χ2n) is 7.40. The van der Waals surface area contributed by atoms with Gasteiger partial charge in [0.2, 0.25) is 0 Å². The largest absolute Gasteiger partial charge is 0.465 e. The van der Waals surface area contributed by atoms with Crippen molar-refractivity contribution in [2.24, 2.45) is 10.7 Å². The fourth-order valence-corrected chi connectivity index (χ4v) is 3.32. The molecule has 1 aliphatic heterocycles. The van der Waals surface area contributed by atoms with Gasteiger partial charge in [0.15, 0.2) is 5.54 Å². The van der Waals surface area contributed by atoms with Crippen molar-refractivity contribution in [1.82, 2.24) is 4.98 Å². The third-order valence-corrected chi connectivity index (χ3v) is 5.14. The average molecular weight is 438 g/mol. The summed E-state index contributed by atoms with van der Waals surface area (Å²) >= 11 is 0. The predicted molar refractivity (Wildman–Crippen MR) is 107 cm³/mol. The van der Waals surface area contributed by atoms with E-state index in [0.29, 0.717) is 12.8 Å². The minimum Gasteiger partial charge on any atom is -0.465 e. The number of halogens is 4. The van der Waals surface area contributed by atoms with E-state index < -0.39 is 47.0 Å². The van der Waals surface area contributed by atoms with E-state index in [-0.39, 0.29) is 24.4 Å². The highest BCUT2D eigenvalue weighted by Crippen LogP contribution is 2.46. The Kier molecular flexibility index (Phi) is 6.47. The number of pyridine rings is 1. The molecule has 31 heavy (non-hydrogen) atoms. The van der Waals surface area contributed by atoms with Crippen LogP contribution in [0.1, 0.15) is 48.7 Å². The standard InChI is InChI=1S/C21H22F4N4O2/c1-20(21(24,25)9-3-2-4-10-31-19(26)29-20)15-11-14(6-7-16(15)23)28-18(30)17-8-5-13(22)12-27-17/h5-8,11-12H,2-4,9-10H2,1H3,(H2,26,29)(H,28,30). The maximum absolute atomic E-state index is 15.2. The molecule has 6 nitrogen and oxygen atoms in total. The minimum absolute atomic E-state index is 0.0383. The molecule has 10 heteroatoms. The number of amides is 1. The number of hydrogen-bond donors (Lipinski definition) is 2. The molecule has 166 valence electrons. The summed E-state index contributed by atoms with van der Waals surface area (Å²) in [6.45, 7) is 1.30. The van der Waals surface area contributed by atoms with Gasteiger partial charge >= 0.3 is 0 Å². The first-order valence-corrected chi connectivity index (χ1v) is 9.71. The fraction of sp³-hybridized carbons (Fsp3) is 0.381. The Bertz CT molecular complexity index is 982. The maximum atomic E-state index is 15.2. The summed E-state index contributed by atoms with van der Waals surface area (Å²) in [5, 5.41) is 2.44. The lowest BCUT2D eigenvalue weighted by Crippen LogP contribution is -2.44. The van der Waals surface area contributed by atoms with Crippen LogP contribution < -0.4 is 11.1 Å². The van der Waals surface area contributed by atoms with Gasteiger partial charge in [-0.15, -0.1) is 0 Å². The number of nitrogens with zero attached hydrogens (tertiary/aromatic N) is 2. The van der Waals surface area contributed by atoms with Crippen LogP contribution in [0.4, 0.5) is 23.2 Å². The summed E-state index contributed by atoms with van der Waals surface area (Å²) in [5.74, 6) is -5.72. The van der Waals surface area contributed by atoms with Gasteiger partial charge in [0.25, 0.3) is 17.9 Å². The van der Waals surface area contributed by atoms with E-state index in [4.69, 9.17) is 10.5 Å². The van der Waals surface area contributed by atoms with Crippen LogP contribution in [0, 0.1) is 11.6 Å². The number of rotatable bonds is 3. The number of alkyl halides is 2. The number of hydrogen-bond acceptors (Lipinski definition) is 5.